The van der Waals surface area contributed by atoms with Gasteiger partial charge in [-0.2, -0.15) is 26.3 Å². The zero-order valence-electron chi connectivity index (χ0n) is 12.9. The Morgan fingerprint density at radius 1 is 1.08 bits per heavy atom. The van der Waals surface area contributed by atoms with E-state index >= 15 is 0 Å². The summed E-state index contributed by atoms with van der Waals surface area (Å²) in [5.41, 5.74) is -0.0248. The molecule has 1 aromatic carbocycles. The summed E-state index contributed by atoms with van der Waals surface area (Å²) in [5.74, 6) is -3.44. The first-order chi connectivity index (χ1) is 11.5. The van der Waals surface area contributed by atoms with E-state index in [0.717, 1.165) is 6.07 Å². The lowest BCUT2D eigenvalue weighted by atomic mass is 9.96. The molecule has 1 aliphatic rings. The molecule has 1 aliphatic heterocycles. The second kappa shape index (κ2) is 7.61. The third-order valence-electron chi connectivity index (χ3n) is 3.99. The zero-order chi connectivity index (χ0) is 18.8. The first-order valence-electron chi connectivity index (χ1n) is 7.45. The Bertz CT molecular complexity index is 595. The number of nitrogens with zero attached hydrogens (tertiary/aromatic N) is 1. The van der Waals surface area contributed by atoms with Gasteiger partial charge in [-0.25, -0.2) is 4.39 Å². The third kappa shape index (κ3) is 5.40. The topological polar surface area (TPSA) is 23.5 Å². The van der Waals surface area contributed by atoms with Crippen LogP contribution in [0.2, 0.25) is 0 Å². The molecule has 0 spiro atoms. The molecule has 0 aliphatic carbocycles. The summed E-state index contributed by atoms with van der Waals surface area (Å²) in [7, 11) is 0. The van der Waals surface area contributed by atoms with E-state index in [0.29, 0.717) is 11.8 Å². The summed E-state index contributed by atoms with van der Waals surface area (Å²) in [6.45, 7) is -0.709. The molecule has 0 radical (unpaired) electrons. The highest BCUT2D eigenvalue weighted by atomic mass is 32.2. The van der Waals surface area contributed by atoms with E-state index in [2.05, 4.69) is 0 Å². The van der Waals surface area contributed by atoms with E-state index < -0.39 is 36.4 Å². The van der Waals surface area contributed by atoms with Crippen LogP contribution in [0, 0.1) is 11.7 Å². The number of hydrogen-bond acceptors (Lipinski definition) is 3. The van der Waals surface area contributed by atoms with Gasteiger partial charge in [0.05, 0.1) is 24.0 Å². The maximum absolute atomic E-state index is 14.2. The molecule has 25 heavy (non-hydrogen) atoms. The number of hydrogen-bond donors (Lipinski definition) is 1. The second-order valence-corrected chi connectivity index (χ2v) is 6.79. The number of benzene rings is 1. The number of thioether (sulfide) groups is 1. The number of aliphatic hydroxyl groups excluding tert-OH is 1. The minimum atomic E-state index is -4.43. The molecule has 0 aromatic heterocycles. The molecule has 2 rings (SSSR count). The fourth-order valence-electron chi connectivity index (χ4n) is 2.69. The number of halogens is 7. The van der Waals surface area contributed by atoms with Gasteiger partial charge in [-0.3, -0.25) is 0 Å². The molecule has 0 bridgehead atoms. The lowest BCUT2D eigenvalue weighted by molar-refractivity contribution is -0.179. The second-order valence-electron chi connectivity index (χ2n) is 5.78. The molecule has 10 heteroatoms. The van der Waals surface area contributed by atoms with Crippen LogP contribution < -0.4 is 4.90 Å². The predicted octanol–water partition coefficient (Wildman–Crippen LogP) is 4.75. The lowest BCUT2D eigenvalue weighted by Gasteiger charge is -2.34. The van der Waals surface area contributed by atoms with Gasteiger partial charge in [0.25, 0.3) is 0 Å². The Morgan fingerprint density at radius 3 is 2.16 bits per heavy atom. The molecule has 1 fully saturated rings. The van der Waals surface area contributed by atoms with E-state index in [1.807, 2.05) is 0 Å². The molecule has 1 N–H and O–H groups in total. The highest BCUT2D eigenvalue weighted by molar-refractivity contribution is 7.99. The first kappa shape index (κ1) is 20.2. The van der Waals surface area contributed by atoms with Crippen molar-refractivity contribution in [2.75, 3.05) is 23.7 Å². The summed E-state index contributed by atoms with van der Waals surface area (Å²) >= 11 is 0.412. The van der Waals surface area contributed by atoms with E-state index in [1.165, 1.54) is 11.0 Å². The van der Waals surface area contributed by atoms with Crippen molar-refractivity contribution < 1.29 is 35.8 Å². The van der Waals surface area contributed by atoms with Crippen molar-refractivity contribution in [3.63, 3.8) is 0 Å². The van der Waals surface area contributed by atoms with Crippen LogP contribution in [0.3, 0.4) is 0 Å². The van der Waals surface area contributed by atoms with E-state index in [4.69, 9.17) is 0 Å². The summed E-state index contributed by atoms with van der Waals surface area (Å²) in [6, 6.07) is 2.11. The van der Waals surface area contributed by atoms with Crippen LogP contribution in [0.4, 0.5) is 36.4 Å². The van der Waals surface area contributed by atoms with Crippen molar-refractivity contribution in [3.05, 3.63) is 23.5 Å². The molecule has 0 amide bonds. The molecule has 142 valence electrons. The van der Waals surface area contributed by atoms with Crippen molar-refractivity contribution in [2.45, 2.75) is 36.7 Å². The Labute approximate surface area is 144 Å². The normalized spacial score (nSPS) is 17.2. The molecule has 0 saturated carbocycles. The van der Waals surface area contributed by atoms with Gasteiger partial charge in [-0.1, -0.05) is 0 Å². The smallest absolute Gasteiger partial charge is 0.392 e. The number of rotatable bonds is 4. The minimum absolute atomic E-state index is 0.0145. The molecule has 2 nitrogen and oxygen atoms in total. The monoisotopic (exact) mass is 391 g/mol. The first-order valence-corrected chi connectivity index (χ1v) is 8.44. The highest BCUT2D eigenvalue weighted by Crippen LogP contribution is 2.38. The Balaban J connectivity index is 2.18. The quantitative estimate of drug-likeness (QED) is 0.592. The van der Waals surface area contributed by atoms with Crippen LogP contribution in [0.15, 0.2) is 17.0 Å². The fraction of sp³-hybridized carbons (Fsp3) is 0.600. The van der Waals surface area contributed by atoms with Gasteiger partial charge in [-0.05, 0) is 30.5 Å². The van der Waals surface area contributed by atoms with E-state index in [-0.39, 0.29) is 42.1 Å². The van der Waals surface area contributed by atoms with Gasteiger partial charge in [0.2, 0.25) is 0 Å². The molecule has 1 heterocycles. The summed E-state index contributed by atoms with van der Waals surface area (Å²) in [6.07, 6.45) is -9.14. The third-order valence-corrected chi connectivity index (χ3v) is 5.15. The zero-order valence-corrected chi connectivity index (χ0v) is 13.7. The maximum atomic E-state index is 14.2. The number of alkyl halides is 6. The number of piperidine rings is 1. The van der Waals surface area contributed by atoms with Crippen LogP contribution in [0.5, 0.6) is 0 Å². The molecule has 1 saturated heterocycles. The number of anilines is 1. The molecular formula is C15H16F7NOS. The van der Waals surface area contributed by atoms with Crippen LogP contribution in [-0.2, 0) is 6.61 Å². The molecular weight excluding hydrogens is 375 g/mol. The molecule has 0 unspecified atom stereocenters. The van der Waals surface area contributed by atoms with Crippen LogP contribution >= 0.6 is 11.8 Å². The number of aliphatic hydroxyl groups is 1. The van der Waals surface area contributed by atoms with Crippen molar-refractivity contribution in [1.29, 1.82) is 0 Å². The average Bonchev–Trinajstić information content (AvgIpc) is 2.51. The fourth-order valence-corrected chi connectivity index (χ4v) is 3.51. The maximum Gasteiger partial charge on any atom is 0.398 e. The van der Waals surface area contributed by atoms with Crippen molar-refractivity contribution >= 4 is 17.4 Å². The Morgan fingerprint density at radius 2 is 1.68 bits per heavy atom. The predicted molar refractivity (Wildman–Crippen MR) is 80.1 cm³/mol. The summed E-state index contributed by atoms with van der Waals surface area (Å²) in [4.78, 5) is 1.46. The minimum Gasteiger partial charge on any atom is -0.392 e. The molecule has 1 aromatic rings. The lowest BCUT2D eigenvalue weighted by Crippen LogP contribution is -2.39. The van der Waals surface area contributed by atoms with E-state index in [1.54, 1.807) is 0 Å². The van der Waals surface area contributed by atoms with Gasteiger partial charge < -0.3 is 10.0 Å². The SMILES string of the molecule is OCc1cc(F)c(N2CCC(C(F)(F)F)CC2)cc1SCC(F)(F)F. The van der Waals surface area contributed by atoms with Crippen LogP contribution in [0.1, 0.15) is 18.4 Å². The highest BCUT2D eigenvalue weighted by Gasteiger charge is 2.41. The van der Waals surface area contributed by atoms with Crippen molar-refractivity contribution in [3.8, 4) is 0 Å². The largest absolute Gasteiger partial charge is 0.398 e. The van der Waals surface area contributed by atoms with Crippen molar-refractivity contribution in [1.82, 2.24) is 0 Å². The van der Waals surface area contributed by atoms with Gasteiger partial charge in [0, 0.05) is 18.0 Å². The van der Waals surface area contributed by atoms with Crippen molar-refractivity contribution in [2.24, 2.45) is 5.92 Å². The van der Waals surface area contributed by atoms with Gasteiger partial charge in [-0.15, -0.1) is 11.8 Å². The average molecular weight is 391 g/mol. The Hall–Kier alpha value is -1.16. The summed E-state index contributed by atoms with van der Waals surface area (Å²) < 4.78 is 89.5. The summed E-state index contributed by atoms with van der Waals surface area (Å²) in [5, 5.41) is 9.20. The van der Waals surface area contributed by atoms with Crippen LogP contribution in [-0.4, -0.2) is 36.3 Å². The Kier molecular flexibility index (Phi) is 6.13. The van der Waals surface area contributed by atoms with Gasteiger partial charge >= 0.3 is 12.4 Å². The van der Waals surface area contributed by atoms with Gasteiger partial charge in [0.1, 0.15) is 5.82 Å². The standard InChI is InChI=1S/C15H16F7NOS/c16-11-5-9(7-24)13(25-8-14(17,18)19)6-12(11)23-3-1-10(2-4-23)15(20,21)22/h5-6,10,24H,1-4,7-8H2. The van der Waals surface area contributed by atoms with Crippen LogP contribution in [0.25, 0.3) is 0 Å². The van der Waals surface area contributed by atoms with Gasteiger partial charge in [0.15, 0.2) is 0 Å². The van der Waals surface area contributed by atoms with E-state index in [9.17, 15) is 35.8 Å². The molecule has 0 atom stereocenters.